The Labute approximate surface area is 174 Å². The highest BCUT2D eigenvalue weighted by Crippen LogP contribution is 2.37. The molecule has 0 saturated heterocycles. The third kappa shape index (κ3) is 4.66. The molecule has 0 aliphatic rings. The molecule has 1 N–H and O–H groups in total. The van der Waals surface area contributed by atoms with Gasteiger partial charge < -0.3 is 14.8 Å². The Kier molecular flexibility index (Phi) is 6.67. The maximum atomic E-state index is 12.8. The number of amides is 1. The van der Waals surface area contributed by atoms with E-state index in [0.717, 1.165) is 10.4 Å². The third-order valence-electron chi connectivity index (χ3n) is 4.55. The van der Waals surface area contributed by atoms with Crippen molar-refractivity contribution >= 4 is 28.2 Å². The standard InChI is InChI=1S/C23H23NO4S/c1-4-28-23(26)18-14-20(15(2)16-10-6-5-7-11-16)29-22(18)24-21(25)17-12-8-9-13-19(17)27-3/h5-15H,4H2,1-3H3,(H,24,25). The van der Waals surface area contributed by atoms with E-state index in [2.05, 4.69) is 12.2 Å². The van der Waals surface area contributed by atoms with E-state index in [1.807, 2.05) is 30.3 Å². The van der Waals surface area contributed by atoms with Gasteiger partial charge in [-0.15, -0.1) is 11.3 Å². The van der Waals surface area contributed by atoms with Crippen LogP contribution < -0.4 is 10.1 Å². The van der Waals surface area contributed by atoms with E-state index in [-0.39, 0.29) is 18.4 Å². The molecular weight excluding hydrogens is 386 g/mol. The van der Waals surface area contributed by atoms with E-state index in [1.165, 1.54) is 18.4 Å². The van der Waals surface area contributed by atoms with E-state index in [0.29, 0.717) is 21.9 Å². The highest BCUT2D eigenvalue weighted by Gasteiger charge is 2.23. The zero-order chi connectivity index (χ0) is 20.8. The number of thiophene rings is 1. The van der Waals surface area contributed by atoms with Crippen LogP contribution in [0, 0.1) is 0 Å². The van der Waals surface area contributed by atoms with Crippen molar-refractivity contribution in [2.24, 2.45) is 0 Å². The molecule has 0 aliphatic carbocycles. The molecule has 1 aromatic heterocycles. The predicted octanol–water partition coefficient (Wildman–Crippen LogP) is 5.34. The van der Waals surface area contributed by atoms with Gasteiger partial charge in [-0.05, 0) is 30.7 Å². The van der Waals surface area contributed by atoms with Crippen LogP contribution in [0.25, 0.3) is 0 Å². The molecule has 0 saturated carbocycles. The minimum Gasteiger partial charge on any atom is -0.496 e. The van der Waals surface area contributed by atoms with E-state index < -0.39 is 5.97 Å². The second kappa shape index (κ2) is 9.39. The summed E-state index contributed by atoms with van der Waals surface area (Å²) in [7, 11) is 1.51. The number of carbonyl (C=O) groups is 2. The summed E-state index contributed by atoms with van der Waals surface area (Å²) in [6.07, 6.45) is 0. The molecule has 6 heteroatoms. The van der Waals surface area contributed by atoms with E-state index in [4.69, 9.17) is 9.47 Å². The van der Waals surface area contributed by atoms with Gasteiger partial charge in [0, 0.05) is 10.8 Å². The first-order valence-electron chi connectivity index (χ1n) is 9.35. The number of esters is 1. The van der Waals surface area contributed by atoms with Crippen LogP contribution >= 0.6 is 11.3 Å². The predicted molar refractivity (Wildman–Crippen MR) is 115 cm³/mol. The van der Waals surface area contributed by atoms with Crippen molar-refractivity contribution in [3.8, 4) is 5.75 Å². The monoisotopic (exact) mass is 409 g/mol. The molecule has 1 heterocycles. The number of para-hydroxylation sites is 1. The summed E-state index contributed by atoms with van der Waals surface area (Å²) < 4.78 is 10.5. The van der Waals surface area contributed by atoms with E-state index >= 15 is 0 Å². The van der Waals surface area contributed by atoms with Gasteiger partial charge in [-0.2, -0.15) is 0 Å². The molecule has 0 bridgehead atoms. The number of anilines is 1. The maximum Gasteiger partial charge on any atom is 0.341 e. The largest absolute Gasteiger partial charge is 0.496 e. The smallest absolute Gasteiger partial charge is 0.341 e. The van der Waals surface area contributed by atoms with Gasteiger partial charge in [-0.25, -0.2) is 4.79 Å². The van der Waals surface area contributed by atoms with Crippen LogP contribution in [0.15, 0.2) is 60.7 Å². The summed E-state index contributed by atoms with van der Waals surface area (Å²) in [5.41, 5.74) is 1.89. The average Bonchev–Trinajstić information content (AvgIpc) is 3.17. The zero-order valence-electron chi connectivity index (χ0n) is 16.6. The van der Waals surface area contributed by atoms with Gasteiger partial charge in [0.1, 0.15) is 10.8 Å². The van der Waals surface area contributed by atoms with Gasteiger partial charge in [0.25, 0.3) is 5.91 Å². The molecule has 1 amide bonds. The number of rotatable bonds is 7. The molecule has 0 radical (unpaired) electrons. The van der Waals surface area contributed by atoms with Crippen molar-refractivity contribution in [3.63, 3.8) is 0 Å². The van der Waals surface area contributed by atoms with Gasteiger partial charge in [0.15, 0.2) is 0 Å². The second-order valence-electron chi connectivity index (χ2n) is 6.40. The minimum absolute atomic E-state index is 0.0753. The Morgan fingerprint density at radius 2 is 1.72 bits per heavy atom. The van der Waals surface area contributed by atoms with Crippen LogP contribution in [0.4, 0.5) is 5.00 Å². The molecule has 3 rings (SSSR count). The molecule has 150 valence electrons. The lowest BCUT2D eigenvalue weighted by Gasteiger charge is -2.10. The average molecular weight is 410 g/mol. The summed E-state index contributed by atoms with van der Waals surface area (Å²) in [5, 5.41) is 3.34. The van der Waals surface area contributed by atoms with Crippen LogP contribution in [0.2, 0.25) is 0 Å². The molecule has 3 aromatic rings. The third-order valence-corrected chi connectivity index (χ3v) is 5.78. The summed E-state index contributed by atoms with van der Waals surface area (Å²) in [6, 6.07) is 18.8. The molecule has 5 nitrogen and oxygen atoms in total. The lowest BCUT2D eigenvalue weighted by molar-refractivity contribution is 0.0528. The first kappa shape index (κ1) is 20.6. The molecule has 0 aliphatic heterocycles. The molecule has 29 heavy (non-hydrogen) atoms. The van der Waals surface area contributed by atoms with Crippen molar-refractivity contribution < 1.29 is 19.1 Å². The Morgan fingerprint density at radius 1 is 1.03 bits per heavy atom. The fourth-order valence-electron chi connectivity index (χ4n) is 2.99. The number of carbonyl (C=O) groups excluding carboxylic acids is 2. The van der Waals surface area contributed by atoms with Gasteiger partial charge in [-0.1, -0.05) is 49.4 Å². The van der Waals surface area contributed by atoms with Crippen molar-refractivity contribution in [2.45, 2.75) is 19.8 Å². The highest BCUT2D eigenvalue weighted by molar-refractivity contribution is 7.16. The van der Waals surface area contributed by atoms with Gasteiger partial charge in [-0.3, -0.25) is 4.79 Å². The maximum absolute atomic E-state index is 12.8. The lowest BCUT2D eigenvalue weighted by Crippen LogP contribution is -2.15. The normalized spacial score (nSPS) is 11.6. The Hall–Kier alpha value is -3.12. The quantitative estimate of drug-likeness (QED) is 0.535. The van der Waals surface area contributed by atoms with Crippen LogP contribution in [-0.4, -0.2) is 25.6 Å². The molecule has 0 fully saturated rings. The van der Waals surface area contributed by atoms with Crippen molar-refractivity contribution in [1.82, 2.24) is 0 Å². The van der Waals surface area contributed by atoms with E-state index in [9.17, 15) is 9.59 Å². The Morgan fingerprint density at radius 3 is 2.41 bits per heavy atom. The number of ether oxygens (including phenoxy) is 2. The molecule has 0 spiro atoms. The second-order valence-corrected chi connectivity index (χ2v) is 7.48. The van der Waals surface area contributed by atoms with Crippen LogP contribution in [0.3, 0.4) is 0 Å². The lowest BCUT2D eigenvalue weighted by atomic mass is 9.99. The Balaban J connectivity index is 1.95. The number of hydrogen-bond donors (Lipinski definition) is 1. The van der Waals surface area contributed by atoms with Crippen LogP contribution in [0.5, 0.6) is 5.75 Å². The summed E-state index contributed by atoms with van der Waals surface area (Å²) in [5.74, 6) is -0.247. The SMILES string of the molecule is CCOC(=O)c1cc(C(C)c2ccccc2)sc1NC(=O)c1ccccc1OC. The fraction of sp³-hybridized carbons (Fsp3) is 0.217. The first-order chi connectivity index (χ1) is 14.0. The minimum atomic E-state index is -0.453. The Bertz CT molecular complexity index is 997. The number of nitrogens with one attached hydrogen (secondary N) is 1. The van der Waals surface area contributed by atoms with Crippen molar-refractivity contribution in [3.05, 3.63) is 82.2 Å². The van der Waals surface area contributed by atoms with E-state index in [1.54, 1.807) is 37.3 Å². The molecular formula is C23H23NO4S. The molecule has 2 aromatic carbocycles. The molecule has 1 atom stereocenters. The summed E-state index contributed by atoms with van der Waals surface area (Å²) in [6.45, 7) is 4.09. The number of benzene rings is 2. The number of methoxy groups -OCH3 is 1. The van der Waals surface area contributed by atoms with Crippen molar-refractivity contribution in [2.75, 3.05) is 19.0 Å². The first-order valence-corrected chi connectivity index (χ1v) is 10.2. The fourth-order valence-corrected chi connectivity index (χ4v) is 4.11. The van der Waals surface area contributed by atoms with Gasteiger partial charge in [0.05, 0.1) is 24.8 Å². The highest BCUT2D eigenvalue weighted by atomic mass is 32.1. The summed E-state index contributed by atoms with van der Waals surface area (Å²) >= 11 is 1.38. The van der Waals surface area contributed by atoms with Crippen molar-refractivity contribution in [1.29, 1.82) is 0 Å². The van der Waals surface area contributed by atoms with Gasteiger partial charge >= 0.3 is 5.97 Å². The number of hydrogen-bond acceptors (Lipinski definition) is 5. The topological polar surface area (TPSA) is 64.6 Å². The molecule has 1 unspecified atom stereocenters. The van der Waals surface area contributed by atoms with Gasteiger partial charge in [0.2, 0.25) is 0 Å². The zero-order valence-corrected chi connectivity index (χ0v) is 17.4. The van der Waals surface area contributed by atoms with Crippen LogP contribution in [0.1, 0.15) is 50.9 Å². The van der Waals surface area contributed by atoms with Crippen LogP contribution in [-0.2, 0) is 4.74 Å². The summed E-state index contributed by atoms with van der Waals surface area (Å²) in [4.78, 5) is 26.3.